The monoisotopic (exact) mass is 447 g/mol. The third-order valence-corrected chi connectivity index (χ3v) is 5.74. The van der Waals surface area contributed by atoms with Gasteiger partial charge in [0.1, 0.15) is 11.5 Å². The quantitative estimate of drug-likeness (QED) is 0.337. The summed E-state index contributed by atoms with van der Waals surface area (Å²) in [6, 6.07) is 24.0. The Kier molecular flexibility index (Phi) is 6.42. The highest BCUT2D eigenvalue weighted by Gasteiger charge is 2.26. The summed E-state index contributed by atoms with van der Waals surface area (Å²) in [5, 5.41) is 18.5. The fourth-order valence-corrected chi connectivity index (χ4v) is 3.76. The molecule has 1 amide bonds. The summed E-state index contributed by atoms with van der Waals surface area (Å²) in [7, 11) is 0. The summed E-state index contributed by atoms with van der Waals surface area (Å²) in [6.07, 6.45) is 0. The standard InChI is InChI=1S/C24H21N3O4S/c1-16-8-12-19(13-9-16)27-23(24(29)31-26-27)32-17(2)22(28)25-18-10-14-21(15-11-18)30-20-6-4-3-5-7-20/h3-15,17H,1-2H3,(H-,25,26,28,29). The number of nitrogens with one attached hydrogen (secondary N) is 1. The lowest BCUT2D eigenvalue weighted by Crippen LogP contribution is -2.36. The second-order valence-corrected chi connectivity index (χ2v) is 8.43. The molecule has 8 heteroatoms. The van der Waals surface area contributed by atoms with Gasteiger partial charge < -0.3 is 19.7 Å². The van der Waals surface area contributed by atoms with Gasteiger partial charge in [0.2, 0.25) is 11.6 Å². The van der Waals surface area contributed by atoms with Gasteiger partial charge in [-0.15, -0.1) is 0 Å². The molecular formula is C24H21N3O4S. The van der Waals surface area contributed by atoms with Gasteiger partial charge in [0, 0.05) is 17.8 Å². The molecule has 3 aromatic carbocycles. The van der Waals surface area contributed by atoms with Crippen LogP contribution in [0.1, 0.15) is 12.5 Å². The average Bonchev–Trinajstić information content (AvgIpc) is 3.16. The highest BCUT2D eigenvalue weighted by atomic mass is 32.2. The molecule has 0 bridgehead atoms. The van der Waals surface area contributed by atoms with Crippen molar-refractivity contribution in [2.24, 2.45) is 0 Å². The predicted octanol–water partition coefficient (Wildman–Crippen LogP) is 4.24. The highest BCUT2D eigenvalue weighted by Crippen LogP contribution is 2.28. The van der Waals surface area contributed by atoms with Crippen LogP contribution >= 0.6 is 11.8 Å². The van der Waals surface area contributed by atoms with E-state index in [-0.39, 0.29) is 10.9 Å². The summed E-state index contributed by atoms with van der Waals surface area (Å²) >= 11 is 1.09. The van der Waals surface area contributed by atoms with Gasteiger partial charge in [-0.3, -0.25) is 4.79 Å². The van der Waals surface area contributed by atoms with Gasteiger partial charge in [0.25, 0.3) is 5.03 Å². The first-order chi connectivity index (χ1) is 15.5. The first-order valence-electron chi connectivity index (χ1n) is 9.96. The zero-order valence-electron chi connectivity index (χ0n) is 17.5. The first-order valence-corrected chi connectivity index (χ1v) is 10.8. The van der Waals surface area contributed by atoms with E-state index in [1.807, 2.05) is 61.5 Å². The molecule has 4 aromatic rings. The van der Waals surface area contributed by atoms with Gasteiger partial charge in [0.15, 0.2) is 5.95 Å². The molecule has 1 heterocycles. The van der Waals surface area contributed by atoms with Crippen molar-refractivity contribution in [2.75, 3.05) is 5.32 Å². The van der Waals surface area contributed by atoms with Crippen molar-refractivity contribution in [3.8, 4) is 23.1 Å². The van der Waals surface area contributed by atoms with Gasteiger partial charge in [-0.2, -0.15) is 0 Å². The summed E-state index contributed by atoms with van der Waals surface area (Å²) in [5.41, 5.74) is 2.40. The van der Waals surface area contributed by atoms with Crippen LogP contribution in [0.3, 0.4) is 0 Å². The van der Waals surface area contributed by atoms with Gasteiger partial charge in [-0.1, -0.05) is 35.9 Å². The molecule has 32 heavy (non-hydrogen) atoms. The number of nitrogens with zero attached hydrogens (tertiary/aromatic N) is 2. The van der Waals surface area contributed by atoms with Crippen LogP contribution in [0.2, 0.25) is 0 Å². The van der Waals surface area contributed by atoms with Gasteiger partial charge in [-0.05, 0) is 66.7 Å². The van der Waals surface area contributed by atoms with E-state index >= 15 is 0 Å². The third kappa shape index (κ3) is 5.09. The van der Waals surface area contributed by atoms with Crippen LogP contribution < -0.4 is 19.8 Å². The maximum Gasteiger partial charge on any atom is 0.298 e. The SMILES string of the molecule is Cc1ccc(-[n+]2noc([O-])c2SC(C)C(=O)Nc2ccc(Oc3ccccc3)cc2)cc1. The second-order valence-electron chi connectivity index (χ2n) is 7.10. The lowest BCUT2D eigenvalue weighted by atomic mass is 10.2. The molecule has 0 saturated carbocycles. The minimum atomic E-state index is -0.586. The molecule has 0 aliphatic carbocycles. The smallest absolute Gasteiger partial charge is 0.298 e. The summed E-state index contributed by atoms with van der Waals surface area (Å²) in [4.78, 5) is 12.7. The minimum absolute atomic E-state index is 0.239. The van der Waals surface area contributed by atoms with E-state index in [0.717, 1.165) is 23.1 Å². The Balaban J connectivity index is 1.40. The number of ether oxygens (including phenoxy) is 1. The van der Waals surface area contributed by atoms with Crippen molar-refractivity contribution in [2.45, 2.75) is 24.1 Å². The van der Waals surface area contributed by atoms with Crippen LogP contribution in [0.15, 0.2) is 88.4 Å². The number of amides is 1. The van der Waals surface area contributed by atoms with Crippen molar-refractivity contribution in [1.29, 1.82) is 0 Å². The van der Waals surface area contributed by atoms with E-state index in [4.69, 9.17) is 9.26 Å². The van der Waals surface area contributed by atoms with Crippen molar-refractivity contribution >= 4 is 23.4 Å². The highest BCUT2D eigenvalue weighted by molar-refractivity contribution is 8.00. The summed E-state index contributed by atoms with van der Waals surface area (Å²) in [6.45, 7) is 3.69. The predicted molar refractivity (Wildman–Crippen MR) is 119 cm³/mol. The molecule has 0 radical (unpaired) electrons. The molecule has 0 fully saturated rings. The Hall–Kier alpha value is -3.78. The molecule has 7 nitrogen and oxygen atoms in total. The maximum absolute atomic E-state index is 12.7. The number of para-hydroxylation sites is 1. The largest absolute Gasteiger partial charge is 0.538 e. The fourth-order valence-electron chi connectivity index (χ4n) is 2.88. The van der Waals surface area contributed by atoms with Crippen LogP contribution in [-0.2, 0) is 4.79 Å². The Bertz CT molecular complexity index is 1190. The number of hydrogen-bond acceptors (Lipinski definition) is 6. The number of thioether (sulfide) groups is 1. The number of benzene rings is 3. The van der Waals surface area contributed by atoms with Crippen LogP contribution in [0.25, 0.3) is 5.69 Å². The normalized spacial score (nSPS) is 11.7. The molecule has 1 aromatic heterocycles. The zero-order valence-corrected chi connectivity index (χ0v) is 18.3. The average molecular weight is 448 g/mol. The van der Waals surface area contributed by atoms with E-state index in [2.05, 4.69) is 10.6 Å². The van der Waals surface area contributed by atoms with Crippen LogP contribution in [-0.4, -0.2) is 16.4 Å². The molecule has 0 aliphatic rings. The molecular weight excluding hydrogens is 426 g/mol. The van der Waals surface area contributed by atoms with Crippen LogP contribution in [0.4, 0.5) is 5.69 Å². The summed E-state index contributed by atoms with van der Waals surface area (Å²) in [5.74, 6) is 0.565. The Labute approximate surface area is 189 Å². The summed E-state index contributed by atoms with van der Waals surface area (Å²) < 4.78 is 12.0. The van der Waals surface area contributed by atoms with Gasteiger partial charge >= 0.3 is 0 Å². The molecule has 1 N–H and O–H groups in total. The molecule has 1 atom stereocenters. The molecule has 0 spiro atoms. The van der Waals surface area contributed by atoms with E-state index < -0.39 is 11.2 Å². The number of carbonyl (C=O) groups excluding carboxylic acids is 1. The number of hydrogen-bond donors (Lipinski definition) is 1. The molecule has 0 saturated heterocycles. The second kappa shape index (κ2) is 9.57. The van der Waals surface area contributed by atoms with E-state index in [1.165, 1.54) is 4.68 Å². The molecule has 162 valence electrons. The Morgan fingerprint density at radius 1 is 1.03 bits per heavy atom. The van der Waals surface area contributed by atoms with Crippen molar-refractivity contribution in [3.63, 3.8) is 0 Å². The zero-order chi connectivity index (χ0) is 22.5. The molecule has 0 aliphatic heterocycles. The van der Waals surface area contributed by atoms with Crippen molar-refractivity contribution < 1.29 is 23.8 Å². The molecule has 4 rings (SSSR count). The number of rotatable bonds is 7. The molecule has 1 unspecified atom stereocenters. The van der Waals surface area contributed by atoms with Crippen LogP contribution in [0.5, 0.6) is 17.4 Å². The lowest BCUT2D eigenvalue weighted by molar-refractivity contribution is -0.705. The van der Waals surface area contributed by atoms with E-state index in [0.29, 0.717) is 17.1 Å². The number of aryl methyl sites for hydroxylation is 1. The topological polar surface area (TPSA) is 91.3 Å². The number of carbonyl (C=O) groups is 1. The van der Waals surface area contributed by atoms with Crippen LogP contribution in [0, 0.1) is 6.92 Å². The van der Waals surface area contributed by atoms with Crippen molar-refractivity contribution in [3.05, 3.63) is 84.4 Å². The Morgan fingerprint density at radius 2 is 1.69 bits per heavy atom. The maximum atomic E-state index is 12.7. The fraction of sp³-hybridized carbons (Fsp3) is 0.125. The third-order valence-electron chi connectivity index (χ3n) is 4.61. The number of anilines is 1. The van der Waals surface area contributed by atoms with Gasteiger partial charge in [0.05, 0.1) is 10.5 Å². The first kappa shape index (κ1) is 21.5. The van der Waals surface area contributed by atoms with E-state index in [1.54, 1.807) is 31.2 Å². The van der Waals surface area contributed by atoms with Crippen molar-refractivity contribution in [1.82, 2.24) is 5.27 Å². The van der Waals surface area contributed by atoms with E-state index in [9.17, 15) is 9.90 Å². The van der Waals surface area contributed by atoms with Gasteiger partial charge in [-0.25, -0.2) is 0 Å². The Morgan fingerprint density at radius 3 is 2.38 bits per heavy atom. The minimum Gasteiger partial charge on any atom is -0.538 e. The lowest BCUT2D eigenvalue weighted by Gasteiger charge is -2.11. The number of aromatic nitrogens is 2.